The van der Waals surface area contributed by atoms with Crippen LogP contribution in [0.15, 0.2) is 0 Å². The summed E-state index contributed by atoms with van der Waals surface area (Å²) < 4.78 is 21.4. The Labute approximate surface area is 222 Å². The molecule has 0 aliphatic rings. The first-order valence-electron chi connectivity index (χ1n) is 15.0. The molecular formula is C30H58O6. The van der Waals surface area contributed by atoms with E-state index in [9.17, 15) is 9.59 Å². The van der Waals surface area contributed by atoms with Crippen LogP contribution < -0.4 is 0 Å². The fourth-order valence-electron chi connectivity index (χ4n) is 4.39. The van der Waals surface area contributed by atoms with Crippen LogP contribution in [-0.4, -0.2) is 51.6 Å². The standard InChI is InChI=1S/C30H58O6/c1-5-7-9-11-13-15-17-19-21-23-25-35-27(29(31)33-3)28(30(32)34-4)36-26-24-22-20-18-16-14-12-10-8-6-2/h27-28H,5-26H2,1-4H3/t27-,28-/m1/s1. The van der Waals surface area contributed by atoms with Crippen molar-refractivity contribution < 1.29 is 28.5 Å². The average molecular weight is 515 g/mol. The van der Waals surface area contributed by atoms with Crippen molar-refractivity contribution in [2.75, 3.05) is 27.4 Å². The van der Waals surface area contributed by atoms with E-state index < -0.39 is 24.1 Å². The zero-order valence-corrected chi connectivity index (χ0v) is 24.2. The predicted molar refractivity (Wildman–Crippen MR) is 147 cm³/mol. The van der Waals surface area contributed by atoms with Gasteiger partial charge in [-0.15, -0.1) is 0 Å². The van der Waals surface area contributed by atoms with E-state index in [2.05, 4.69) is 13.8 Å². The molecule has 0 N–H and O–H groups in total. The Bertz CT molecular complexity index is 452. The third kappa shape index (κ3) is 20.0. The number of esters is 2. The maximum atomic E-state index is 12.4. The molecule has 0 aromatic carbocycles. The third-order valence-corrected chi connectivity index (χ3v) is 6.73. The van der Waals surface area contributed by atoms with Crippen molar-refractivity contribution in [2.45, 2.75) is 154 Å². The van der Waals surface area contributed by atoms with Crippen molar-refractivity contribution in [2.24, 2.45) is 0 Å². The van der Waals surface area contributed by atoms with Gasteiger partial charge in [0.2, 0.25) is 0 Å². The van der Waals surface area contributed by atoms with E-state index in [1.54, 1.807) is 0 Å². The SMILES string of the molecule is CCCCCCCCCCCCO[C@@H](C(=O)OC)[C@@H](OCCCCCCCCCCCC)C(=O)OC. The highest BCUT2D eigenvalue weighted by Crippen LogP contribution is 2.15. The molecule has 0 saturated carbocycles. The molecule has 0 saturated heterocycles. The van der Waals surface area contributed by atoms with E-state index >= 15 is 0 Å². The quantitative estimate of drug-likeness (QED) is 0.0818. The fraction of sp³-hybridized carbons (Fsp3) is 0.933. The van der Waals surface area contributed by atoms with Crippen molar-refractivity contribution in [3.8, 4) is 0 Å². The number of rotatable bonds is 27. The van der Waals surface area contributed by atoms with Gasteiger partial charge in [-0.05, 0) is 12.8 Å². The molecule has 0 spiro atoms. The molecule has 0 amide bonds. The highest BCUT2D eigenvalue weighted by molar-refractivity contribution is 5.85. The number of hydrogen-bond donors (Lipinski definition) is 0. The number of carbonyl (C=O) groups excluding carboxylic acids is 2. The molecule has 2 atom stereocenters. The number of carbonyl (C=O) groups is 2. The van der Waals surface area contributed by atoms with Gasteiger partial charge in [-0.1, -0.05) is 129 Å². The lowest BCUT2D eigenvalue weighted by molar-refractivity contribution is -0.180. The molecule has 0 heterocycles. The van der Waals surface area contributed by atoms with Gasteiger partial charge >= 0.3 is 11.9 Å². The van der Waals surface area contributed by atoms with E-state index in [1.807, 2.05) is 0 Å². The minimum atomic E-state index is -1.09. The molecule has 0 bridgehead atoms. The second-order valence-corrected chi connectivity index (χ2v) is 9.99. The number of ether oxygens (including phenoxy) is 4. The summed E-state index contributed by atoms with van der Waals surface area (Å²) in [5.41, 5.74) is 0. The normalized spacial score (nSPS) is 12.9. The number of unbranched alkanes of at least 4 members (excludes halogenated alkanes) is 18. The maximum absolute atomic E-state index is 12.4. The van der Waals surface area contributed by atoms with Gasteiger partial charge in [0.1, 0.15) is 0 Å². The van der Waals surface area contributed by atoms with Gasteiger partial charge in [0.15, 0.2) is 12.2 Å². The molecule has 0 aromatic heterocycles. The summed E-state index contributed by atoms with van der Waals surface area (Å²) in [6.07, 6.45) is 22.2. The van der Waals surface area contributed by atoms with Crippen LogP contribution in [0.25, 0.3) is 0 Å². The molecule has 0 fully saturated rings. The van der Waals surface area contributed by atoms with Crippen molar-refractivity contribution in [3.05, 3.63) is 0 Å². The first kappa shape index (κ1) is 34.9. The second-order valence-electron chi connectivity index (χ2n) is 9.99. The monoisotopic (exact) mass is 514 g/mol. The summed E-state index contributed by atoms with van der Waals surface area (Å²) in [6.45, 7) is 5.27. The molecule has 6 heteroatoms. The van der Waals surface area contributed by atoms with E-state index in [0.29, 0.717) is 13.2 Å². The highest BCUT2D eigenvalue weighted by Gasteiger charge is 2.37. The van der Waals surface area contributed by atoms with E-state index in [1.165, 1.54) is 104 Å². The predicted octanol–water partition coefficient (Wildman–Crippen LogP) is 7.94. The molecule has 36 heavy (non-hydrogen) atoms. The Balaban J connectivity index is 4.20. The van der Waals surface area contributed by atoms with Crippen LogP contribution in [0.4, 0.5) is 0 Å². The molecule has 6 nitrogen and oxygen atoms in total. The largest absolute Gasteiger partial charge is 0.467 e. The molecule has 0 aliphatic heterocycles. The van der Waals surface area contributed by atoms with Crippen molar-refractivity contribution in [1.29, 1.82) is 0 Å². The van der Waals surface area contributed by atoms with Gasteiger partial charge in [0.25, 0.3) is 0 Å². The molecule has 0 rings (SSSR count). The molecule has 214 valence electrons. The van der Waals surface area contributed by atoms with Gasteiger partial charge < -0.3 is 18.9 Å². The lowest BCUT2D eigenvalue weighted by Crippen LogP contribution is -2.45. The minimum Gasteiger partial charge on any atom is -0.467 e. The average Bonchev–Trinajstić information content (AvgIpc) is 2.90. The summed E-state index contributed by atoms with van der Waals surface area (Å²) in [6, 6.07) is 0. The molecule has 0 aliphatic carbocycles. The summed E-state index contributed by atoms with van der Waals surface area (Å²) in [5.74, 6) is -1.19. The Morgan fingerprint density at radius 3 is 0.944 bits per heavy atom. The van der Waals surface area contributed by atoms with E-state index in [0.717, 1.165) is 38.5 Å². The van der Waals surface area contributed by atoms with Gasteiger partial charge in [0.05, 0.1) is 14.2 Å². The minimum absolute atomic E-state index is 0.394. The number of methoxy groups -OCH3 is 2. The first-order valence-corrected chi connectivity index (χ1v) is 15.0. The zero-order chi connectivity index (χ0) is 26.7. The summed E-state index contributed by atoms with van der Waals surface area (Å²) in [7, 11) is 2.60. The lowest BCUT2D eigenvalue weighted by Gasteiger charge is -2.23. The maximum Gasteiger partial charge on any atom is 0.338 e. The second kappa shape index (κ2) is 26.9. The van der Waals surface area contributed by atoms with Gasteiger partial charge in [0, 0.05) is 13.2 Å². The zero-order valence-electron chi connectivity index (χ0n) is 24.2. The van der Waals surface area contributed by atoms with Crippen molar-refractivity contribution in [1.82, 2.24) is 0 Å². The van der Waals surface area contributed by atoms with Crippen LogP contribution >= 0.6 is 0 Å². The first-order chi connectivity index (χ1) is 17.6. The van der Waals surface area contributed by atoms with Crippen LogP contribution in [0.5, 0.6) is 0 Å². The Morgan fingerprint density at radius 2 is 0.694 bits per heavy atom. The Kier molecular flexibility index (Phi) is 26.1. The van der Waals surface area contributed by atoms with Crippen LogP contribution in [0.3, 0.4) is 0 Å². The Hall–Kier alpha value is -1.14. The van der Waals surface area contributed by atoms with Gasteiger partial charge in [-0.3, -0.25) is 0 Å². The summed E-state index contributed by atoms with van der Waals surface area (Å²) >= 11 is 0. The molecule has 0 unspecified atom stereocenters. The lowest BCUT2D eigenvalue weighted by atomic mass is 10.1. The highest BCUT2D eigenvalue weighted by atomic mass is 16.6. The summed E-state index contributed by atoms with van der Waals surface area (Å²) in [4.78, 5) is 24.7. The van der Waals surface area contributed by atoms with Crippen LogP contribution in [0.2, 0.25) is 0 Å². The van der Waals surface area contributed by atoms with Crippen LogP contribution in [0.1, 0.15) is 142 Å². The van der Waals surface area contributed by atoms with Gasteiger partial charge in [-0.2, -0.15) is 0 Å². The van der Waals surface area contributed by atoms with Crippen LogP contribution in [0, 0.1) is 0 Å². The van der Waals surface area contributed by atoms with Crippen LogP contribution in [-0.2, 0) is 28.5 Å². The van der Waals surface area contributed by atoms with Crippen molar-refractivity contribution in [3.63, 3.8) is 0 Å². The number of hydrogen-bond acceptors (Lipinski definition) is 6. The van der Waals surface area contributed by atoms with E-state index in [-0.39, 0.29) is 0 Å². The topological polar surface area (TPSA) is 71.1 Å². The van der Waals surface area contributed by atoms with Gasteiger partial charge in [-0.25, -0.2) is 9.59 Å². The molecule has 0 radical (unpaired) electrons. The third-order valence-electron chi connectivity index (χ3n) is 6.73. The molecule has 0 aromatic rings. The fourth-order valence-corrected chi connectivity index (χ4v) is 4.39. The van der Waals surface area contributed by atoms with Crippen molar-refractivity contribution >= 4 is 11.9 Å². The smallest absolute Gasteiger partial charge is 0.338 e. The Morgan fingerprint density at radius 1 is 0.444 bits per heavy atom. The van der Waals surface area contributed by atoms with E-state index in [4.69, 9.17) is 18.9 Å². The molecular weight excluding hydrogens is 456 g/mol. The summed E-state index contributed by atoms with van der Waals surface area (Å²) in [5, 5.41) is 0.